The highest BCUT2D eigenvalue weighted by molar-refractivity contribution is 7.98. The topological polar surface area (TPSA) is 108 Å². The van der Waals surface area contributed by atoms with Gasteiger partial charge in [0, 0.05) is 5.69 Å². The molecular weight excluding hydrogens is 354 g/mol. The van der Waals surface area contributed by atoms with Crippen molar-refractivity contribution in [2.75, 3.05) is 17.3 Å². The first kappa shape index (κ1) is 22.0. The number of para-hydroxylation sites is 1. The molecule has 26 heavy (non-hydrogen) atoms. The van der Waals surface area contributed by atoms with Crippen LogP contribution >= 0.6 is 11.8 Å². The van der Waals surface area contributed by atoms with Crippen LogP contribution in [-0.2, 0) is 14.4 Å². The fraction of sp³-hybridized carbons (Fsp3) is 0.500. The first-order valence-electron chi connectivity index (χ1n) is 8.48. The molecule has 0 aliphatic carbocycles. The maximum atomic E-state index is 12.6. The average Bonchev–Trinajstić information content (AvgIpc) is 2.61. The highest BCUT2D eigenvalue weighted by Crippen LogP contribution is 2.13. The molecule has 7 nitrogen and oxygen atoms in total. The van der Waals surface area contributed by atoms with Gasteiger partial charge in [0.15, 0.2) is 0 Å². The van der Waals surface area contributed by atoms with Gasteiger partial charge in [0.05, 0.1) is 0 Å². The summed E-state index contributed by atoms with van der Waals surface area (Å²) in [6.07, 6.45) is 2.56. The molecule has 0 radical (unpaired) electrons. The molecule has 0 saturated heterocycles. The molecule has 1 rings (SSSR count). The van der Waals surface area contributed by atoms with Crippen molar-refractivity contribution in [3.8, 4) is 0 Å². The standard InChI is InChI=1S/C18H27N3O4S/c1-12(2)11-15(18(24)19-13-7-5-4-6-8-13)20-16(22)14(9-10-26-3)17(23)21-25/h4-8,12,14-15,25H,9-11H2,1-3H3,(H,19,24)(H,20,22)(H,21,23)/t14?,15-/m0/s1. The van der Waals surface area contributed by atoms with Gasteiger partial charge in [0.1, 0.15) is 12.0 Å². The number of carbonyl (C=O) groups is 3. The van der Waals surface area contributed by atoms with Crippen molar-refractivity contribution in [1.29, 1.82) is 0 Å². The molecule has 3 amide bonds. The van der Waals surface area contributed by atoms with Crippen LogP contribution in [0.5, 0.6) is 0 Å². The summed E-state index contributed by atoms with van der Waals surface area (Å²) in [4.78, 5) is 36.9. The second-order valence-electron chi connectivity index (χ2n) is 6.36. The Morgan fingerprint density at radius 2 is 1.73 bits per heavy atom. The van der Waals surface area contributed by atoms with E-state index in [4.69, 9.17) is 5.21 Å². The summed E-state index contributed by atoms with van der Waals surface area (Å²) in [5.74, 6) is -1.99. The number of hydroxylamine groups is 1. The quantitative estimate of drug-likeness (QED) is 0.282. The van der Waals surface area contributed by atoms with E-state index in [-0.39, 0.29) is 18.2 Å². The summed E-state index contributed by atoms with van der Waals surface area (Å²) >= 11 is 1.49. The van der Waals surface area contributed by atoms with E-state index in [2.05, 4.69) is 10.6 Å². The Labute approximate surface area is 158 Å². The number of hydrogen-bond donors (Lipinski definition) is 4. The fourth-order valence-corrected chi connectivity index (χ4v) is 2.89. The number of thioether (sulfide) groups is 1. The minimum Gasteiger partial charge on any atom is -0.344 e. The van der Waals surface area contributed by atoms with Crippen molar-refractivity contribution < 1.29 is 19.6 Å². The number of amides is 3. The highest BCUT2D eigenvalue weighted by Gasteiger charge is 2.30. The van der Waals surface area contributed by atoms with Crippen molar-refractivity contribution in [3.05, 3.63) is 30.3 Å². The lowest BCUT2D eigenvalue weighted by Crippen LogP contribution is -2.49. The van der Waals surface area contributed by atoms with E-state index in [1.807, 2.05) is 26.2 Å². The Kier molecular flexibility index (Phi) is 9.75. The largest absolute Gasteiger partial charge is 0.344 e. The van der Waals surface area contributed by atoms with Crippen LogP contribution in [0.3, 0.4) is 0 Å². The zero-order valence-electron chi connectivity index (χ0n) is 15.3. The van der Waals surface area contributed by atoms with Crippen molar-refractivity contribution in [1.82, 2.24) is 10.8 Å². The Morgan fingerprint density at radius 3 is 2.27 bits per heavy atom. The number of benzene rings is 1. The van der Waals surface area contributed by atoms with Gasteiger partial charge in [0.2, 0.25) is 11.8 Å². The predicted octanol–water partition coefficient (Wildman–Crippen LogP) is 2.03. The zero-order chi connectivity index (χ0) is 19.5. The lowest BCUT2D eigenvalue weighted by Gasteiger charge is -2.23. The van der Waals surface area contributed by atoms with E-state index in [0.29, 0.717) is 17.9 Å². The van der Waals surface area contributed by atoms with E-state index in [0.717, 1.165) is 0 Å². The van der Waals surface area contributed by atoms with Crippen LogP contribution in [0.2, 0.25) is 0 Å². The summed E-state index contributed by atoms with van der Waals surface area (Å²) in [5.41, 5.74) is 2.16. The van der Waals surface area contributed by atoms with Crippen molar-refractivity contribution >= 4 is 35.2 Å². The number of anilines is 1. The van der Waals surface area contributed by atoms with Crippen molar-refractivity contribution in [2.24, 2.45) is 11.8 Å². The van der Waals surface area contributed by atoms with Crippen molar-refractivity contribution in [2.45, 2.75) is 32.7 Å². The average molecular weight is 381 g/mol. The zero-order valence-corrected chi connectivity index (χ0v) is 16.1. The molecule has 0 aromatic heterocycles. The van der Waals surface area contributed by atoms with Gasteiger partial charge in [-0.3, -0.25) is 19.6 Å². The molecule has 144 valence electrons. The monoisotopic (exact) mass is 381 g/mol. The lowest BCUT2D eigenvalue weighted by atomic mass is 10.00. The van der Waals surface area contributed by atoms with Crippen LogP contribution in [0.4, 0.5) is 5.69 Å². The number of carbonyl (C=O) groups excluding carboxylic acids is 3. The molecular formula is C18H27N3O4S. The first-order chi connectivity index (χ1) is 12.4. The normalized spacial score (nSPS) is 13.0. The molecule has 1 aromatic rings. The minimum atomic E-state index is -1.05. The molecule has 4 N–H and O–H groups in total. The Bertz CT molecular complexity index is 595. The maximum absolute atomic E-state index is 12.6. The molecule has 0 aliphatic rings. The number of hydrogen-bond acceptors (Lipinski definition) is 5. The first-order valence-corrected chi connectivity index (χ1v) is 9.87. The molecule has 0 heterocycles. The van der Waals surface area contributed by atoms with Gasteiger partial charge in [-0.1, -0.05) is 32.0 Å². The molecule has 8 heteroatoms. The van der Waals surface area contributed by atoms with Crippen LogP contribution in [-0.4, -0.2) is 41.0 Å². The maximum Gasteiger partial charge on any atom is 0.255 e. The molecule has 1 unspecified atom stereocenters. The van der Waals surface area contributed by atoms with Gasteiger partial charge in [0.25, 0.3) is 5.91 Å². The fourth-order valence-electron chi connectivity index (χ4n) is 2.42. The Morgan fingerprint density at radius 1 is 1.08 bits per heavy atom. The predicted molar refractivity (Wildman–Crippen MR) is 103 cm³/mol. The van der Waals surface area contributed by atoms with E-state index in [1.54, 1.807) is 24.3 Å². The third-order valence-electron chi connectivity index (χ3n) is 3.74. The summed E-state index contributed by atoms with van der Waals surface area (Å²) in [6, 6.07) is 8.18. The Hall–Kier alpha value is -2.06. The van der Waals surface area contributed by atoms with E-state index >= 15 is 0 Å². The molecule has 2 atom stereocenters. The van der Waals surface area contributed by atoms with E-state index < -0.39 is 23.8 Å². The van der Waals surface area contributed by atoms with Gasteiger partial charge in [-0.25, -0.2) is 5.48 Å². The van der Waals surface area contributed by atoms with Crippen LogP contribution in [0, 0.1) is 11.8 Å². The SMILES string of the molecule is CSCCC(C(=O)NO)C(=O)N[C@@H](CC(C)C)C(=O)Nc1ccccc1. The van der Waals surface area contributed by atoms with Crippen molar-refractivity contribution in [3.63, 3.8) is 0 Å². The summed E-state index contributed by atoms with van der Waals surface area (Å²) < 4.78 is 0. The van der Waals surface area contributed by atoms with E-state index in [9.17, 15) is 14.4 Å². The van der Waals surface area contributed by atoms with Gasteiger partial charge in [-0.2, -0.15) is 11.8 Å². The lowest BCUT2D eigenvalue weighted by molar-refractivity contribution is -0.142. The summed E-state index contributed by atoms with van der Waals surface area (Å²) in [7, 11) is 0. The molecule has 0 bridgehead atoms. The second kappa shape index (κ2) is 11.5. The molecule has 1 aromatic carbocycles. The van der Waals surface area contributed by atoms with Gasteiger partial charge < -0.3 is 10.6 Å². The highest BCUT2D eigenvalue weighted by atomic mass is 32.2. The molecule has 0 fully saturated rings. The number of rotatable bonds is 10. The summed E-state index contributed by atoms with van der Waals surface area (Å²) in [5, 5.41) is 14.3. The third kappa shape index (κ3) is 7.45. The third-order valence-corrected chi connectivity index (χ3v) is 4.38. The van der Waals surface area contributed by atoms with Crippen LogP contribution in [0.1, 0.15) is 26.7 Å². The molecule has 0 aliphatic heterocycles. The smallest absolute Gasteiger partial charge is 0.255 e. The molecule has 0 saturated carbocycles. The second-order valence-corrected chi connectivity index (χ2v) is 7.34. The van der Waals surface area contributed by atoms with Gasteiger partial charge in [-0.15, -0.1) is 0 Å². The minimum absolute atomic E-state index is 0.165. The summed E-state index contributed by atoms with van der Waals surface area (Å²) in [6.45, 7) is 3.89. The van der Waals surface area contributed by atoms with Crippen LogP contribution in [0.15, 0.2) is 30.3 Å². The van der Waals surface area contributed by atoms with Crippen LogP contribution < -0.4 is 16.1 Å². The van der Waals surface area contributed by atoms with E-state index in [1.165, 1.54) is 17.2 Å². The van der Waals surface area contributed by atoms with Gasteiger partial charge >= 0.3 is 0 Å². The van der Waals surface area contributed by atoms with Gasteiger partial charge in [-0.05, 0) is 42.9 Å². The van der Waals surface area contributed by atoms with Crippen LogP contribution in [0.25, 0.3) is 0 Å². The molecule has 0 spiro atoms. The number of nitrogens with one attached hydrogen (secondary N) is 3. The Balaban J connectivity index is 2.85.